The lowest BCUT2D eigenvalue weighted by atomic mass is 10.1. The Morgan fingerprint density at radius 2 is 1.95 bits per heavy atom. The number of carboxylic acids is 1. The first-order chi connectivity index (χ1) is 9.77. The zero-order valence-electron chi connectivity index (χ0n) is 10.2. The summed E-state index contributed by atoms with van der Waals surface area (Å²) in [5.74, 6) is -2.68. The van der Waals surface area contributed by atoms with Crippen molar-refractivity contribution in [2.24, 2.45) is 0 Å². The first kappa shape index (κ1) is 15.2. The van der Waals surface area contributed by atoms with Crippen LogP contribution >= 0.6 is 11.7 Å². The van der Waals surface area contributed by atoms with E-state index < -0.39 is 30.5 Å². The Morgan fingerprint density at radius 3 is 2.57 bits per heavy atom. The Bertz CT molecular complexity index is 686. The van der Waals surface area contributed by atoms with Crippen molar-refractivity contribution in [1.29, 1.82) is 0 Å². The van der Waals surface area contributed by atoms with E-state index in [-0.39, 0.29) is 5.56 Å². The standard InChI is InChI=1S/C11H8F3N3O3S/c12-11(13,14)8(4-9(18)19)15-10(20)5-1-2-6-7(3-5)17-21-16-6/h1-3,8H,4H2,(H,15,20)(H,18,19). The number of carbonyl (C=O) groups excluding carboxylic acids is 1. The van der Waals surface area contributed by atoms with Gasteiger partial charge in [0.05, 0.1) is 18.1 Å². The number of halogens is 3. The van der Waals surface area contributed by atoms with Crippen LogP contribution in [0.2, 0.25) is 0 Å². The summed E-state index contributed by atoms with van der Waals surface area (Å²) in [6, 6.07) is 1.59. The van der Waals surface area contributed by atoms with Gasteiger partial charge in [0, 0.05) is 5.56 Å². The zero-order chi connectivity index (χ0) is 15.6. The summed E-state index contributed by atoms with van der Waals surface area (Å²) >= 11 is 0.910. The summed E-state index contributed by atoms with van der Waals surface area (Å²) in [6.45, 7) is 0. The fourth-order valence-corrected chi connectivity index (χ4v) is 2.11. The number of amides is 1. The van der Waals surface area contributed by atoms with E-state index in [1.54, 1.807) is 5.32 Å². The Morgan fingerprint density at radius 1 is 1.29 bits per heavy atom. The molecule has 0 aliphatic rings. The molecule has 2 rings (SSSR count). The van der Waals surface area contributed by atoms with E-state index in [0.717, 1.165) is 11.7 Å². The Balaban J connectivity index is 2.19. The van der Waals surface area contributed by atoms with E-state index in [1.807, 2.05) is 0 Å². The van der Waals surface area contributed by atoms with Crippen molar-refractivity contribution in [2.45, 2.75) is 18.6 Å². The van der Waals surface area contributed by atoms with Crippen molar-refractivity contribution in [3.05, 3.63) is 23.8 Å². The van der Waals surface area contributed by atoms with Gasteiger partial charge in [-0.15, -0.1) is 0 Å². The number of rotatable bonds is 4. The van der Waals surface area contributed by atoms with Gasteiger partial charge in [0.1, 0.15) is 17.1 Å². The largest absolute Gasteiger partial charge is 0.481 e. The molecule has 0 spiro atoms. The van der Waals surface area contributed by atoms with Gasteiger partial charge in [0.25, 0.3) is 5.91 Å². The van der Waals surface area contributed by atoms with E-state index in [0.29, 0.717) is 11.0 Å². The minimum Gasteiger partial charge on any atom is -0.481 e. The monoisotopic (exact) mass is 319 g/mol. The number of aromatic nitrogens is 2. The molecule has 2 N–H and O–H groups in total. The molecule has 0 saturated carbocycles. The number of nitrogens with one attached hydrogen (secondary N) is 1. The number of carboxylic acid groups (broad SMARTS) is 1. The van der Waals surface area contributed by atoms with Crippen molar-refractivity contribution >= 4 is 34.6 Å². The quantitative estimate of drug-likeness (QED) is 0.897. The van der Waals surface area contributed by atoms with Crippen molar-refractivity contribution in [3.63, 3.8) is 0 Å². The molecule has 112 valence electrons. The molecule has 1 amide bonds. The van der Waals surface area contributed by atoms with Crippen molar-refractivity contribution in [3.8, 4) is 0 Å². The minimum atomic E-state index is -4.85. The number of nitrogens with zero attached hydrogens (tertiary/aromatic N) is 2. The number of hydrogen-bond donors (Lipinski definition) is 2. The third-order valence-electron chi connectivity index (χ3n) is 2.60. The first-order valence-electron chi connectivity index (χ1n) is 5.59. The van der Waals surface area contributed by atoms with Gasteiger partial charge in [0.15, 0.2) is 0 Å². The second kappa shape index (κ2) is 5.64. The summed E-state index contributed by atoms with van der Waals surface area (Å²) in [5.41, 5.74) is 0.860. The molecule has 0 bridgehead atoms. The van der Waals surface area contributed by atoms with Crippen molar-refractivity contribution in [1.82, 2.24) is 14.1 Å². The third kappa shape index (κ3) is 3.66. The summed E-state index contributed by atoms with van der Waals surface area (Å²) < 4.78 is 45.8. The van der Waals surface area contributed by atoms with E-state index in [4.69, 9.17) is 5.11 Å². The molecule has 10 heteroatoms. The molecule has 1 aromatic carbocycles. The third-order valence-corrected chi connectivity index (χ3v) is 3.15. The molecule has 0 fully saturated rings. The summed E-state index contributed by atoms with van der Waals surface area (Å²) in [4.78, 5) is 22.2. The average Bonchev–Trinajstić information content (AvgIpc) is 2.83. The fraction of sp³-hybridized carbons (Fsp3) is 0.273. The van der Waals surface area contributed by atoms with E-state index >= 15 is 0 Å². The molecule has 2 aromatic rings. The number of aliphatic carboxylic acids is 1. The van der Waals surface area contributed by atoms with E-state index in [1.165, 1.54) is 18.2 Å². The molecule has 1 aromatic heterocycles. The highest BCUT2D eigenvalue weighted by Crippen LogP contribution is 2.23. The zero-order valence-corrected chi connectivity index (χ0v) is 11.0. The number of benzene rings is 1. The van der Waals surface area contributed by atoms with Gasteiger partial charge in [-0.2, -0.15) is 21.9 Å². The molecule has 1 atom stereocenters. The molecule has 0 saturated heterocycles. The Hall–Kier alpha value is -2.23. The molecule has 0 aliphatic carbocycles. The lowest BCUT2D eigenvalue weighted by Gasteiger charge is -2.19. The second-order valence-electron chi connectivity index (χ2n) is 4.13. The van der Waals surface area contributed by atoms with Gasteiger partial charge in [0.2, 0.25) is 0 Å². The fourth-order valence-electron chi connectivity index (χ4n) is 1.59. The number of hydrogen-bond acceptors (Lipinski definition) is 5. The molecule has 0 aliphatic heterocycles. The van der Waals surface area contributed by atoms with E-state index in [2.05, 4.69) is 8.75 Å². The van der Waals surface area contributed by atoms with Gasteiger partial charge in [-0.1, -0.05) is 0 Å². The molecule has 1 unspecified atom stereocenters. The SMILES string of the molecule is O=C(O)CC(NC(=O)c1ccc2nsnc2c1)C(F)(F)F. The van der Waals surface area contributed by atoms with Gasteiger partial charge in [-0.3, -0.25) is 9.59 Å². The highest BCUT2D eigenvalue weighted by atomic mass is 32.1. The molecule has 1 heterocycles. The smallest absolute Gasteiger partial charge is 0.409 e. The van der Waals surface area contributed by atoms with Crippen LogP contribution in [0.1, 0.15) is 16.8 Å². The number of alkyl halides is 3. The lowest BCUT2D eigenvalue weighted by molar-refractivity contribution is -0.165. The van der Waals surface area contributed by atoms with Gasteiger partial charge >= 0.3 is 12.1 Å². The van der Waals surface area contributed by atoms with Gasteiger partial charge in [-0.05, 0) is 18.2 Å². The molecule has 6 nitrogen and oxygen atoms in total. The average molecular weight is 319 g/mol. The molecule has 21 heavy (non-hydrogen) atoms. The lowest BCUT2D eigenvalue weighted by Crippen LogP contribution is -2.46. The van der Waals surface area contributed by atoms with Crippen LogP contribution in [0.3, 0.4) is 0 Å². The van der Waals surface area contributed by atoms with Crippen molar-refractivity contribution in [2.75, 3.05) is 0 Å². The van der Waals surface area contributed by atoms with Crippen LogP contribution in [0.4, 0.5) is 13.2 Å². The second-order valence-corrected chi connectivity index (χ2v) is 4.66. The van der Waals surface area contributed by atoms with Crippen LogP contribution in [-0.4, -0.2) is 37.9 Å². The highest BCUT2D eigenvalue weighted by molar-refractivity contribution is 7.00. The topological polar surface area (TPSA) is 92.2 Å². The number of carbonyl (C=O) groups is 2. The predicted octanol–water partition coefficient (Wildman–Crippen LogP) is 1.83. The van der Waals surface area contributed by atoms with Crippen LogP contribution in [0.25, 0.3) is 11.0 Å². The molecular formula is C11H8F3N3O3S. The van der Waals surface area contributed by atoms with Crippen LogP contribution in [0.15, 0.2) is 18.2 Å². The summed E-state index contributed by atoms with van der Waals surface area (Å²) in [6.07, 6.45) is -6.09. The van der Waals surface area contributed by atoms with Crippen LogP contribution in [-0.2, 0) is 4.79 Å². The molecule has 0 radical (unpaired) electrons. The Labute approximate surface area is 119 Å². The molecular weight excluding hydrogens is 311 g/mol. The normalized spacial score (nSPS) is 13.1. The minimum absolute atomic E-state index is 0.0464. The maximum absolute atomic E-state index is 12.7. The predicted molar refractivity (Wildman–Crippen MR) is 67.0 cm³/mol. The maximum Gasteiger partial charge on any atom is 0.409 e. The highest BCUT2D eigenvalue weighted by Gasteiger charge is 2.42. The van der Waals surface area contributed by atoms with Gasteiger partial charge < -0.3 is 10.4 Å². The summed E-state index contributed by atoms with van der Waals surface area (Å²) in [7, 11) is 0. The summed E-state index contributed by atoms with van der Waals surface area (Å²) in [5, 5.41) is 10.1. The first-order valence-corrected chi connectivity index (χ1v) is 6.32. The van der Waals surface area contributed by atoms with Crippen LogP contribution in [0, 0.1) is 0 Å². The maximum atomic E-state index is 12.7. The van der Waals surface area contributed by atoms with Crippen molar-refractivity contribution < 1.29 is 27.9 Å². The van der Waals surface area contributed by atoms with E-state index in [9.17, 15) is 22.8 Å². The van der Waals surface area contributed by atoms with Crippen LogP contribution < -0.4 is 5.32 Å². The van der Waals surface area contributed by atoms with Gasteiger partial charge in [-0.25, -0.2) is 0 Å². The number of fused-ring (bicyclic) bond motifs is 1. The van der Waals surface area contributed by atoms with Crippen LogP contribution in [0.5, 0.6) is 0 Å². The Kier molecular flexibility index (Phi) is 4.07.